The highest BCUT2D eigenvalue weighted by Gasteiger charge is 2.09. The van der Waals surface area contributed by atoms with Crippen molar-refractivity contribution in [2.24, 2.45) is 0 Å². The van der Waals surface area contributed by atoms with Crippen LogP contribution in [0.25, 0.3) is 0 Å². The lowest BCUT2D eigenvalue weighted by Gasteiger charge is -2.11. The second-order valence-corrected chi connectivity index (χ2v) is 4.28. The minimum Gasteiger partial charge on any atom is -0.392 e. The molecule has 0 radical (unpaired) electrons. The van der Waals surface area contributed by atoms with Crippen molar-refractivity contribution >= 4 is 17.5 Å². The molecule has 1 amide bonds. The van der Waals surface area contributed by atoms with Crippen LogP contribution in [-0.4, -0.2) is 29.0 Å². The van der Waals surface area contributed by atoms with Gasteiger partial charge in [-0.05, 0) is 18.9 Å². The van der Waals surface area contributed by atoms with Crippen LogP contribution < -0.4 is 5.32 Å². The smallest absolute Gasteiger partial charge is 0.224 e. The van der Waals surface area contributed by atoms with Crippen molar-refractivity contribution in [3.05, 3.63) is 23.8 Å². The van der Waals surface area contributed by atoms with Crippen molar-refractivity contribution in [3.63, 3.8) is 0 Å². The Hall–Kier alpha value is -0.800. The van der Waals surface area contributed by atoms with Gasteiger partial charge in [-0.25, -0.2) is 0 Å². The number of aliphatic hydroxyl groups is 1. The third-order valence-corrected chi connectivity index (χ3v) is 2.41. The normalized spacial score (nSPS) is 22.1. The second-order valence-electron chi connectivity index (χ2n) is 3.72. The number of hydrogen-bond acceptors (Lipinski definition) is 2. The zero-order chi connectivity index (χ0) is 11.3. The molecule has 0 saturated heterocycles. The predicted octanol–water partition coefficient (Wildman–Crippen LogP) is 1.37. The van der Waals surface area contributed by atoms with Crippen LogP contribution in [0.5, 0.6) is 0 Å². The molecular formula is C11H16ClNO2. The molecule has 0 aromatic heterocycles. The Labute approximate surface area is 94.8 Å². The Kier molecular flexibility index (Phi) is 4.85. The molecule has 0 aliphatic heterocycles. The molecule has 0 fully saturated rings. The van der Waals surface area contributed by atoms with E-state index in [9.17, 15) is 4.79 Å². The third kappa shape index (κ3) is 5.00. The summed E-state index contributed by atoms with van der Waals surface area (Å²) in [6.07, 6.45) is 6.36. The Morgan fingerprint density at radius 2 is 2.53 bits per heavy atom. The lowest BCUT2D eigenvalue weighted by molar-refractivity contribution is -0.120. The first kappa shape index (κ1) is 12.3. The Balaban J connectivity index is 2.30. The van der Waals surface area contributed by atoms with Gasteiger partial charge >= 0.3 is 0 Å². The largest absolute Gasteiger partial charge is 0.392 e. The molecule has 2 unspecified atom stereocenters. The summed E-state index contributed by atoms with van der Waals surface area (Å²) in [5, 5.41) is 11.7. The minimum atomic E-state index is -0.503. The number of aliphatic hydroxyl groups excluding tert-OH is 1. The van der Waals surface area contributed by atoms with E-state index in [2.05, 4.69) is 5.32 Å². The highest BCUT2D eigenvalue weighted by atomic mass is 35.5. The van der Waals surface area contributed by atoms with Gasteiger partial charge in [0.1, 0.15) is 0 Å². The van der Waals surface area contributed by atoms with Crippen LogP contribution >= 0.6 is 11.6 Å². The van der Waals surface area contributed by atoms with Gasteiger partial charge in [0, 0.05) is 6.54 Å². The van der Waals surface area contributed by atoms with Crippen LogP contribution in [0.4, 0.5) is 0 Å². The fourth-order valence-electron chi connectivity index (χ4n) is 1.28. The van der Waals surface area contributed by atoms with Gasteiger partial charge in [0.15, 0.2) is 0 Å². The predicted molar refractivity (Wildman–Crippen MR) is 60.8 cm³/mol. The van der Waals surface area contributed by atoms with Crippen molar-refractivity contribution in [1.82, 2.24) is 5.32 Å². The molecule has 3 nitrogen and oxygen atoms in total. The maximum atomic E-state index is 11.4. The maximum absolute atomic E-state index is 11.4. The van der Waals surface area contributed by atoms with E-state index in [0.29, 0.717) is 13.0 Å². The molecule has 84 valence electrons. The molecule has 0 spiro atoms. The van der Waals surface area contributed by atoms with Gasteiger partial charge < -0.3 is 10.4 Å². The first-order chi connectivity index (χ1) is 7.08. The van der Waals surface area contributed by atoms with Crippen LogP contribution in [0, 0.1) is 0 Å². The van der Waals surface area contributed by atoms with Crippen LogP contribution in [-0.2, 0) is 4.79 Å². The summed E-state index contributed by atoms with van der Waals surface area (Å²) >= 11 is 5.86. The Bertz CT molecular complexity index is 284. The Morgan fingerprint density at radius 3 is 3.07 bits per heavy atom. The summed E-state index contributed by atoms with van der Waals surface area (Å²) < 4.78 is 0. The van der Waals surface area contributed by atoms with Crippen molar-refractivity contribution in [1.29, 1.82) is 0 Å². The lowest BCUT2D eigenvalue weighted by Crippen LogP contribution is -2.30. The molecule has 0 aromatic rings. The van der Waals surface area contributed by atoms with E-state index in [4.69, 9.17) is 16.7 Å². The molecular weight excluding hydrogens is 214 g/mol. The second kappa shape index (κ2) is 5.93. The SMILES string of the molecule is CC(O)CNC(=O)CC1=CCC(Cl)C=C1. The van der Waals surface area contributed by atoms with Crippen LogP contribution in [0.15, 0.2) is 23.8 Å². The molecule has 2 N–H and O–H groups in total. The van der Waals surface area contributed by atoms with Crippen LogP contribution in [0.1, 0.15) is 19.8 Å². The van der Waals surface area contributed by atoms with Crippen LogP contribution in [0.3, 0.4) is 0 Å². The average molecular weight is 230 g/mol. The number of alkyl halides is 1. The van der Waals surface area contributed by atoms with Crippen molar-refractivity contribution in [2.75, 3.05) is 6.54 Å². The standard InChI is InChI=1S/C11H16ClNO2/c1-8(14)7-13-11(15)6-9-2-4-10(12)5-3-9/h2-4,8,10,14H,5-7H2,1H3,(H,13,15). The molecule has 0 heterocycles. The molecule has 2 atom stereocenters. The number of carbonyl (C=O) groups is 1. The van der Waals surface area contributed by atoms with Gasteiger partial charge in [0.05, 0.1) is 17.9 Å². The zero-order valence-corrected chi connectivity index (χ0v) is 9.50. The first-order valence-electron chi connectivity index (χ1n) is 5.04. The fourth-order valence-corrected chi connectivity index (χ4v) is 1.44. The van der Waals surface area contributed by atoms with E-state index in [-0.39, 0.29) is 11.3 Å². The third-order valence-electron chi connectivity index (χ3n) is 2.08. The molecule has 0 saturated carbocycles. The number of nitrogens with one attached hydrogen (secondary N) is 1. The van der Waals surface area contributed by atoms with E-state index in [1.54, 1.807) is 6.92 Å². The topological polar surface area (TPSA) is 49.3 Å². The number of rotatable bonds is 4. The van der Waals surface area contributed by atoms with E-state index >= 15 is 0 Å². The monoisotopic (exact) mass is 229 g/mol. The Morgan fingerprint density at radius 1 is 1.80 bits per heavy atom. The zero-order valence-electron chi connectivity index (χ0n) is 8.74. The van der Waals surface area contributed by atoms with Gasteiger partial charge in [0.2, 0.25) is 5.91 Å². The van der Waals surface area contributed by atoms with Gasteiger partial charge in [0.25, 0.3) is 0 Å². The quantitative estimate of drug-likeness (QED) is 0.716. The molecule has 4 heteroatoms. The summed E-state index contributed by atoms with van der Waals surface area (Å²) in [6.45, 7) is 1.94. The molecule has 1 aliphatic carbocycles. The van der Waals surface area contributed by atoms with Crippen LogP contribution in [0.2, 0.25) is 0 Å². The summed E-state index contributed by atoms with van der Waals surface area (Å²) in [5.74, 6) is -0.0696. The van der Waals surface area contributed by atoms with Gasteiger partial charge in [-0.15, -0.1) is 11.6 Å². The number of amides is 1. The lowest BCUT2D eigenvalue weighted by atomic mass is 10.0. The van der Waals surface area contributed by atoms with E-state index < -0.39 is 6.10 Å². The van der Waals surface area contributed by atoms with Crippen molar-refractivity contribution in [2.45, 2.75) is 31.2 Å². The summed E-state index contributed by atoms with van der Waals surface area (Å²) in [7, 11) is 0. The summed E-state index contributed by atoms with van der Waals surface area (Å²) in [6, 6.07) is 0. The highest BCUT2D eigenvalue weighted by Crippen LogP contribution is 2.17. The first-order valence-corrected chi connectivity index (χ1v) is 5.47. The van der Waals surface area contributed by atoms with E-state index in [1.807, 2.05) is 18.2 Å². The van der Waals surface area contributed by atoms with Crippen molar-refractivity contribution < 1.29 is 9.90 Å². The number of allylic oxidation sites excluding steroid dienone is 3. The minimum absolute atomic E-state index is 0.0503. The van der Waals surface area contributed by atoms with Gasteiger partial charge in [-0.3, -0.25) is 4.79 Å². The molecule has 0 bridgehead atoms. The average Bonchev–Trinajstić information content (AvgIpc) is 2.19. The fraction of sp³-hybridized carbons (Fsp3) is 0.545. The highest BCUT2D eigenvalue weighted by molar-refractivity contribution is 6.22. The number of halogens is 1. The molecule has 0 aromatic carbocycles. The van der Waals surface area contributed by atoms with Gasteiger partial charge in [-0.2, -0.15) is 0 Å². The van der Waals surface area contributed by atoms with Gasteiger partial charge in [-0.1, -0.05) is 18.2 Å². The number of carbonyl (C=O) groups excluding carboxylic acids is 1. The molecule has 1 rings (SSSR count). The number of hydrogen-bond donors (Lipinski definition) is 2. The van der Waals surface area contributed by atoms with E-state index in [0.717, 1.165) is 12.0 Å². The van der Waals surface area contributed by atoms with E-state index in [1.165, 1.54) is 0 Å². The summed E-state index contributed by atoms with van der Waals surface area (Å²) in [5.41, 5.74) is 0.981. The molecule has 15 heavy (non-hydrogen) atoms. The molecule has 1 aliphatic rings. The maximum Gasteiger partial charge on any atom is 0.224 e. The summed E-state index contributed by atoms with van der Waals surface area (Å²) in [4.78, 5) is 11.4. The van der Waals surface area contributed by atoms with Crippen molar-refractivity contribution in [3.8, 4) is 0 Å².